The second kappa shape index (κ2) is 6.14. The second-order valence-corrected chi connectivity index (χ2v) is 4.21. The van der Waals surface area contributed by atoms with Gasteiger partial charge in [-0.2, -0.15) is 0 Å². The molecule has 2 rings (SSSR count). The van der Waals surface area contributed by atoms with Crippen LogP contribution in [0.4, 0.5) is 8.78 Å². The van der Waals surface area contributed by atoms with Gasteiger partial charge in [0, 0.05) is 11.1 Å². The molecule has 2 aromatic carbocycles. The normalized spacial score (nSPS) is 11.4. The SMILES string of the molecule is C/C(=N\O)c1cccc(OCc2cccc(F)c2F)c1. The lowest BCUT2D eigenvalue weighted by Gasteiger charge is -2.08. The van der Waals surface area contributed by atoms with Crippen LogP contribution in [0.1, 0.15) is 18.1 Å². The van der Waals surface area contributed by atoms with Gasteiger partial charge in [0.15, 0.2) is 11.6 Å². The van der Waals surface area contributed by atoms with Gasteiger partial charge in [-0.1, -0.05) is 29.4 Å². The van der Waals surface area contributed by atoms with Crippen molar-refractivity contribution in [1.29, 1.82) is 0 Å². The van der Waals surface area contributed by atoms with Crippen molar-refractivity contribution in [2.24, 2.45) is 5.16 Å². The monoisotopic (exact) mass is 277 g/mol. The van der Waals surface area contributed by atoms with Gasteiger partial charge in [-0.15, -0.1) is 0 Å². The maximum Gasteiger partial charge on any atom is 0.165 e. The smallest absolute Gasteiger partial charge is 0.165 e. The molecule has 20 heavy (non-hydrogen) atoms. The van der Waals surface area contributed by atoms with E-state index < -0.39 is 11.6 Å². The van der Waals surface area contributed by atoms with E-state index >= 15 is 0 Å². The highest BCUT2D eigenvalue weighted by atomic mass is 19.2. The summed E-state index contributed by atoms with van der Waals surface area (Å²) in [6.45, 7) is 1.56. The molecule has 3 nitrogen and oxygen atoms in total. The summed E-state index contributed by atoms with van der Waals surface area (Å²) in [5, 5.41) is 11.8. The molecule has 0 heterocycles. The molecule has 0 aliphatic rings. The van der Waals surface area contributed by atoms with Crippen LogP contribution in [-0.2, 0) is 6.61 Å². The highest BCUT2D eigenvalue weighted by Gasteiger charge is 2.08. The molecular weight excluding hydrogens is 264 g/mol. The average Bonchev–Trinajstić information content (AvgIpc) is 2.48. The molecule has 0 radical (unpaired) electrons. The predicted molar refractivity (Wildman–Crippen MR) is 71.1 cm³/mol. The van der Waals surface area contributed by atoms with Crippen LogP contribution >= 0.6 is 0 Å². The minimum atomic E-state index is -0.906. The number of halogens is 2. The van der Waals surface area contributed by atoms with Crippen LogP contribution in [0, 0.1) is 11.6 Å². The van der Waals surface area contributed by atoms with Crippen LogP contribution in [0.15, 0.2) is 47.6 Å². The quantitative estimate of drug-likeness (QED) is 0.525. The fraction of sp³-hybridized carbons (Fsp3) is 0.133. The topological polar surface area (TPSA) is 41.8 Å². The van der Waals surface area contributed by atoms with Crippen molar-refractivity contribution in [2.75, 3.05) is 0 Å². The molecule has 2 aromatic rings. The van der Waals surface area contributed by atoms with E-state index in [1.165, 1.54) is 12.1 Å². The lowest BCUT2D eigenvalue weighted by molar-refractivity contribution is 0.297. The number of nitrogens with zero attached hydrogens (tertiary/aromatic N) is 1. The summed E-state index contributed by atoms with van der Waals surface area (Å²) in [5.41, 5.74) is 1.26. The molecule has 0 saturated heterocycles. The highest BCUT2D eigenvalue weighted by molar-refractivity contribution is 5.98. The van der Waals surface area contributed by atoms with E-state index in [1.807, 2.05) is 0 Å². The third-order valence-corrected chi connectivity index (χ3v) is 2.83. The van der Waals surface area contributed by atoms with Gasteiger partial charge in [-0.3, -0.25) is 0 Å². The molecular formula is C15H13F2NO2. The van der Waals surface area contributed by atoms with Gasteiger partial charge in [-0.05, 0) is 25.1 Å². The van der Waals surface area contributed by atoms with E-state index in [1.54, 1.807) is 31.2 Å². The van der Waals surface area contributed by atoms with E-state index in [-0.39, 0.29) is 12.2 Å². The molecule has 0 aliphatic carbocycles. The molecule has 5 heteroatoms. The first-order valence-electron chi connectivity index (χ1n) is 5.96. The summed E-state index contributed by atoms with van der Waals surface area (Å²) >= 11 is 0. The van der Waals surface area contributed by atoms with Gasteiger partial charge >= 0.3 is 0 Å². The van der Waals surface area contributed by atoms with Gasteiger partial charge in [0.2, 0.25) is 0 Å². The molecule has 0 fully saturated rings. The number of benzene rings is 2. The van der Waals surface area contributed by atoms with Gasteiger partial charge in [0.25, 0.3) is 0 Å². The maximum atomic E-state index is 13.5. The van der Waals surface area contributed by atoms with Gasteiger partial charge < -0.3 is 9.94 Å². The maximum absolute atomic E-state index is 13.5. The number of hydrogen-bond acceptors (Lipinski definition) is 3. The van der Waals surface area contributed by atoms with Crippen LogP contribution < -0.4 is 4.74 Å². The minimum Gasteiger partial charge on any atom is -0.489 e. The largest absolute Gasteiger partial charge is 0.489 e. The molecule has 0 spiro atoms. The fourth-order valence-corrected chi connectivity index (χ4v) is 1.69. The van der Waals surface area contributed by atoms with Crippen molar-refractivity contribution in [3.63, 3.8) is 0 Å². The van der Waals surface area contributed by atoms with Crippen LogP contribution in [0.3, 0.4) is 0 Å². The fourth-order valence-electron chi connectivity index (χ4n) is 1.69. The van der Waals surface area contributed by atoms with Crippen LogP contribution in [0.25, 0.3) is 0 Å². The number of oxime groups is 1. The van der Waals surface area contributed by atoms with Gasteiger partial charge in [-0.25, -0.2) is 8.78 Å². The van der Waals surface area contributed by atoms with E-state index in [9.17, 15) is 8.78 Å². The van der Waals surface area contributed by atoms with Gasteiger partial charge in [0.05, 0.1) is 5.71 Å². The molecule has 1 N–H and O–H groups in total. The summed E-state index contributed by atoms with van der Waals surface area (Å²) in [5.74, 6) is -1.32. The summed E-state index contributed by atoms with van der Waals surface area (Å²) in [6.07, 6.45) is 0. The Hall–Kier alpha value is -2.43. The lowest BCUT2D eigenvalue weighted by atomic mass is 10.1. The van der Waals surface area contributed by atoms with E-state index in [4.69, 9.17) is 9.94 Å². The Morgan fingerprint density at radius 2 is 1.95 bits per heavy atom. The first-order valence-corrected chi connectivity index (χ1v) is 5.96. The summed E-state index contributed by atoms with van der Waals surface area (Å²) in [7, 11) is 0. The molecule has 0 amide bonds. The Balaban J connectivity index is 2.13. The first-order chi connectivity index (χ1) is 9.61. The molecule has 0 saturated carbocycles. The van der Waals surface area contributed by atoms with E-state index in [0.717, 1.165) is 6.07 Å². The van der Waals surface area contributed by atoms with Crippen molar-refractivity contribution in [3.05, 3.63) is 65.2 Å². The molecule has 0 aromatic heterocycles. The number of hydrogen-bond donors (Lipinski definition) is 1. The summed E-state index contributed by atoms with van der Waals surface area (Å²) < 4.78 is 31.9. The van der Waals surface area contributed by atoms with Crippen LogP contribution in [-0.4, -0.2) is 10.9 Å². The van der Waals surface area contributed by atoms with E-state index in [2.05, 4.69) is 5.16 Å². The Morgan fingerprint density at radius 1 is 1.20 bits per heavy atom. The van der Waals surface area contributed by atoms with Crippen molar-refractivity contribution in [1.82, 2.24) is 0 Å². The molecule has 0 atom stereocenters. The summed E-state index contributed by atoms with van der Waals surface area (Å²) in [6, 6.07) is 10.8. The van der Waals surface area contributed by atoms with E-state index in [0.29, 0.717) is 17.0 Å². The standard InChI is InChI=1S/C15H13F2NO2/c1-10(18-19)11-4-2-6-13(8-11)20-9-12-5-3-7-14(16)15(12)17/h2-8,19H,9H2,1H3/b18-10+. The zero-order valence-corrected chi connectivity index (χ0v) is 10.8. The molecule has 104 valence electrons. The van der Waals surface area contributed by atoms with Crippen molar-refractivity contribution < 1.29 is 18.7 Å². The first kappa shape index (κ1) is 14.0. The Morgan fingerprint density at radius 3 is 2.70 bits per heavy atom. The lowest BCUT2D eigenvalue weighted by Crippen LogP contribution is -2.01. The Labute approximate surface area is 115 Å². The zero-order chi connectivity index (χ0) is 14.5. The molecule has 0 aliphatic heterocycles. The van der Waals surface area contributed by atoms with Gasteiger partial charge in [0.1, 0.15) is 12.4 Å². The minimum absolute atomic E-state index is 0.0810. The molecule has 0 unspecified atom stereocenters. The number of rotatable bonds is 4. The third-order valence-electron chi connectivity index (χ3n) is 2.83. The van der Waals surface area contributed by atoms with Crippen molar-refractivity contribution in [3.8, 4) is 5.75 Å². The average molecular weight is 277 g/mol. The third kappa shape index (κ3) is 3.12. The summed E-state index contributed by atoms with van der Waals surface area (Å²) in [4.78, 5) is 0. The second-order valence-electron chi connectivity index (χ2n) is 4.21. The highest BCUT2D eigenvalue weighted by Crippen LogP contribution is 2.18. The van der Waals surface area contributed by atoms with Crippen molar-refractivity contribution in [2.45, 2.75) is 13.5 Å². The molecule has 0 bridgehead atoms. The predicted octanol–water partition coefficient (Wildman–Crippen LogP) is 3.74. The van der Waals surface area contributed by atoms with Crippen LogP contribution in [0.5, 0.6) is 5.75 Å². The number of ether oxygens (including phenoxy) is 1. The van der Waals surface area contributed by atoms with Crippen molar-refractivity contribution >= 4 is 5.71 Å². The van der Waals surface area contributed by atoms with Crippen LogP contribution in [0.2, 0.25) is 0 Å². The zero-order valence-electron chi connectivity index (χ0n) is 10.8. The Kier molecular flexibility index (Phi) is 4.30. The Bertz CT molecular complexity index is 642.